The fraction of sp³-hybridized carbons (Fsp3) is 0.500. The van der Waals surface area contributed by atoms with Gasteiger partial charge in [0.2, 0.25) is 0 Å². The van der Waals surface area contributed by atoms with Gasteiger partial charge in [-0.15, -0.1) is 23.5 Å². The van der Waals surface area contributed by atoms with Crippen molar-refractivity contribution >= 4 is 39.9 Å². The van der Waals surface area contributed by atoms with Gasteiger partial charge in [-0.05, 0) is 24.3 Å². The first kappa shape index (κ1) is 7.63. The Morgan fingerprint density at radius 3 is 2.44 bits per heavy atom. The Labute approximate surface area is 69.5 Å². The van der Waals surface area contributed by atoms with Crippen LogP contribution in [0.5, 0.6) is 0 Å². The van der Waals surface area contributed by atoms with E-state index in [1.807, 2.05) is 11.8 Å². The zero-order valence-electron chi connectivity index (χ0n) is 5.43. The number of hydrogen-bond acceptors (Lipinski definition) is 3. The minimum absolute atomic E-state index is 1.08. The quantitative estimate of drug-likeness (QED) is 0.521. The highest BCUT2D eigenvalue weighted by Gasteiger charge is 2.10. The molecule has 0 spiro atoms. The Morgan fingerprint density at radius 2 is 2.00 bits per heavy atom. The van der Waals surface area contributed by atoms with E-state index >= 15 is 0 Å². The van der Waals surface area contributed by atoms with Gasteiger partial charge in [-0.25, -0.2) is 0 Å². The second kappa shape index (κ2) is 3.08. The number of rotatable bonds is 0. The van der Waals surface area contributed by atoms with Crippen LogP contribution in [0, 0.1) is 0 Å². The van der Waals surface area contributed by atoms with Crippen molar-refractivity contribution < 1.29 is 0 Å². The predicted octanol–water partition coefficient (Wildman–Crippen LogP) is 3.05. The standard InChI is InChI=1S/C6H8S3/c1-4-5(2)8-3-9-6(4)7/h3H2,1-2H3. The van der Waals surface area contributed by atoms with Crippen LogP contribution >= 0.6 is 35.7 Å². The summed E-state index contributed by atoms with van der Waals surface area (Å²) in [5.74, 6) is 0. The molecule has 3 heteroatoms. The Morgan fingerprint density at radius 1 is 1.33 bits per heavy atom. The van der Waals surface area contributed by atoms with E-state index in [0.717, 1.165) is 9.28 Å². The molecule has 0 aromatic heterocycles. The van der Waals surface area contributed by atoms with Crippen molar-refractivity contribution in [1.82, 2.24) is 0 Å². The number of thioether (sulfide) groups is 2. The lowest BCUT2D eigenvalue weighted by Gasteiger charge is -2.13. The third-order valence-corrected chi connectivity index (χ3v) is 4.21. The SMILES string of the molecule is CC1=C(C)C(=S)SCS1. The van der Waals surface area contributed by atoms with Gasteiger partial charge in [0.1, 0.15) is 0 Å². The molecule has 0 amide bonds. The lowest BCUT2D eigenvalue weighted by molar-refractivity contribution is 1.52. The van der Waals surface area contributed by atoms with Crippen molar-refractivity contribution in [3.05, 3.63) is 10.5 Å². The molecular formula is C6H8S3. The van der Waals surface area contributed by atoms with E-state index in [4.69, 9.17) is 12.2 Å². The molecule has 0 aromatic carbocycles. The Kier molecular flexibility index (Phi) is 2.61. The van der Waals surface area contributed by atoms with E-state index in [2.05, 4.69) is 13.8 Å². The van der Waals surface area contributed by atoms with Gasteiger partial charge in [0.25, 0.3) is 0 Å². The average molecular weight is 176 g/mol. The van der Waals surface area contributed by atoms with Crippen molar-refractivity contribution in [3.8, 4) is 0 Å². The molecule has 50 valence electrons. The minimum atomic E-state index is 1.08. The van der Waals surface area contributed by atoms with Crippen molar-refractivity contribution in [2.75, 3.05) is 5.08 Å². The fourth-order valence-electron chi connectivity index (χ4n) is 0.532. The van der Waals surface area contributed by atoms with Crippen LogP contribution in [0.25, 0.3) is 0 Å². The molecule has 0 radical (unpaired) electrons. The summed E-state index contributed by atoms with van der Waals surface area (Å²) < 4.78 is 1.08. The van der Waals surface area contributed by atoms with E-state index in [9.17, 15) is 0 Å². The van der Waals surface area contributed by atoms with Crippen LogP contribution in [0.2, 0.25) is 0 Å². The number of allylic oxidation sites excluding steroid dienone is 1. The van der Waals surface area contributed by atoms with Gasteiger partial charge >= 0.3 is 0 Å². The molecule has 0 saturated heterocycles. The summed E-state index contributed by atoms with van der Waals surface area (Å²) in [4.78, 5) is 1.39. The number of thiocarbonyl (C=S) groups is 1. The van der Waals surface area contributed by atoms with Gasteiger partial charge in [0, 0.05) is 5.08 Å². The second-order valence-electron chi connectivity index (χ2n) is 1.88. The van der Waals surface area contributed by atoms with Crippen molar-refractivity contribution in [1.29, 1.82) is 0 Å². The highest BCUT2D eigenvalue weighted by atomic mass is 32.2. The molecule has 9 heavy (non-hydrogen) atoms. The van der Waals surface area contributed by atoms with Gasteiger partial charge in [-0.2, -0.15) is 0 Å². The maximum Gasteiger partial charge on any atom is 0.0750 e. The molecule has 0 fully saturated rings. The zero-order valence-corrected chi connectivity index (χ0v) is 7.88. The van der Waals surface area contributed by atoms with E-state index in [1.165, 1.54) is 10.5 Å². The summed E-state index contributed by atoms with van der Waals surface area (Å²) >= 11 is 8.75. The maximum absolute atomic E-state index is 5.10. The van der Waals surface area contributed by atoms with Crippen LogP contribution in [0.1, 0.15) is 13.8 Å². The summed E-state index contributed by atoms with van der Waals surface area (Å²) in [6.07, 6.45) is 0. The largest absolute Gasteiger partial charge is 0.119 e. The minimum Gasteiger partial charge on any atom is -0.119 e. The van der Waals surface area contributed by atoms with Gasteiger partial charge in [-0.1, -0.05) is 12.2 Å². The molecule has 0 N–H and O–H groups in total. The third kappa shape index (κ3) is 1.72. The van der Waals surface area contributed by atoms with E-state index < -0.39 is 0 Å². The molecule has 0 aromatic rings. The lowest BCUT2D eigenvalue weighted by atomic mass is 10.3. The molecule has 0 saturated carbocycles. The first-order chi connectivity index (χ1) is 4.22. The molecule has 0 unspecified atom stereocenters. The molecular weight excluding hydrogens is 168 g/mol. The van der Waals surface area contributed by atoms with Crippen molar-refractivity contribution in [2.45, 2.75) is 13.8 Å². The summed E-state index contributed by atoms with van der Waals surface area (Å²) in [5, 5.41) is 1.10. The van der Waals surface area contributed by atoms with Crippen LogP contribution in [0.3, 0.4) is 0 Å². The first-order valence-corrected chi connectivity index (χ1v) is 5.07. The van der Waals surface area contributed by atoms with Gasteiger partial charge in [0.15, 0.2) is 0 Å². The molecule has 1 aliphatic heterocycles. The molecule has 0 atom stereocenters. The molecule has 0 nitrogen and oxygen atoms in total. The third-order valence-electron chi connectivity index (χ3n) is 1.30. The van der Waals surface area contributed by atoms with Crippen LogP contribution in [0.15, 0.2) is 10.5 Å². The topological polar surface area (TPSA) is 0 Å². The Balaban J connectivity index is 2.84. The lowest BCUT2D eigenvalue weighted by Crippen LogP contribution is -1.98. The van der Waals surface area contributed by atoms with Crippen LogP contribution < -0.4 is 0 Å². The number of hydrogen-bond donors (Lipinski definition) is 0. The predicted molar refractivity (Wildman–Crippen MR) is 51.0 cm³/mol. The molecule has 1 rings (SSSR count). The molecule has 1 aliphatic rings. The summed E-state index contributed by atoms with van der Waals surface area (Å²) in [7, 11) is 0. The van der Waals surface area contributed by atoms with E-state index in [1.54, 1.807) is 11.8 Å². The van der Waals surface area contributed by atoms with E-state index in [-0.39, 0.29) is 0 Å². The van der Waals surface area contributed by atoms with Gasteiger partial charge in [0.05, 0.1) is 4.20 Å². The van der Waals surface area contributed by atoms with E-state index in [0.29, 0.717) is 0 Å². The van der Waals surface area contributed by atoms with Crippen LogP contribution in [-0.4, -0.2) is 9.28 Å². The monoisotopic (exact) mass is 176 g/mol. The zero-order chi connectivity index (χ0) is 6.85. The Hall–Kier alpha value is 0.530. The normalized spacial score (nSPS) is 20.9. The smallest absolute Gasteiger partial charge is 0.0750 e. The Bertz CT molecular complexity index is 169. The van der Waals surface area contributed by atoms with Gasteiger partial charge in [-0.3, -0.25) is 0 Å². The summed E-state index contributed by atoms with van der Waals surface area (Å²) in [6.45, 7) is 4.23. The highest BCUT2D eigenvalue weighted by molar-refractivity contribution is 8.31. The average Bonchev–Trinajstić information content (AvgIpc) is 1.83. The van der Waals surface area contributed by atoms with Gasteiger partial charge < -0.3 is 0 Å². The molecule has 0 aliphatic carbocycles. The van der Waals surface area contributed by atoms with Crippen LogP contribution in [0.4, 0.5) is 0 Å². The van der Waals surface area contributed by atoms with Crippen molar-refractivity contribution in [2.24, 2.45) is 0 Å². The fourth-order valence-corrected chi connectivity index (χ4v) is 3.31. The first-order valence-electron chi connectivity index (χ1n) is 2.69. The summed E-state index contributed by atoms with van der Waals surface area (Å²) in [5.41, 5.74) is 1.30. The summed E-state index contributed by atoms with van der Waals surface area (Å²) in [6, 6.07) is 0. The van der Waals surface area contributed by atoms with Crippen molar-refractivity contribution in [3.63, 3.8) is 0 Å². The van der Waals surface area contributed by atoms with Crippen LogP contribution in [-0.2, 0) is 0 Å². The second-order valence-corrected chi connectivity index (χ2v) is 5.08. The molecule has 1 heterocycles. The highest BCUT2D eigenvalue weighted by Crippen LogP contribution is 2.33. The molecule has 0 bridgehead atoms. The maximum atomic E-state index is 5.10.